The normalized spacial score (nSPS) is 11.6. The Morgan fingerprint density at radius 2 is 1.87 bits per heavy atom. The van der Waals surface area contributed by atoms with Crippen LogP contribution in [-0.2, 0) is 11.0 Å². The molecule has 0 aliphatic rings. The first-order valence-corrected chi connectivity index (χ1v) is 12.1. The molecule has 0 spiro atoms. The first-order chi connectivity index (χ1) is 18.5. The van der Waals surface area contributed by atoms with Crippen LogP contribution in [0.2, 0.25) is 0 Å². The molecule has 2 N–H and O–H groups in total. The Hall–Kier alpha value is -4.45. The topological polar surface area (TPSA) is 91.2 Å². The number of rotatable bonds is 9. The Kier molecular flexibility index (Phi) is 7.86. The van der Waals surface area contributed by atoms with Gasteiger partial charge in [0.15, 0.2) is 0 Å². The summed E-state index contributed by atoms with van der Waals surface area (Å²) in [6.07, 6.45) is 0.500. The van der Waals surface area contributed by atoms with E-state index in [0.717, 1.165) is 30.5 Å². The first kappa shape index (κ1) is 27.6. The van der Waals surface area contributed by atoms with Gasteiger partial charge in [0.1, 0.15) is 11.5 Å². The molecule has 0 radical (unpaired) electrons. The number of carbonyl (C=O) groups is 1. The molecule has 0 aliphatic carbocycles. The van der Waals surface area contributed by atoms with Gasteiger partial charge in [-0.25, -0.2) is 9.97 Å². The number of anilines is 4. The molecule has 1 amide bonds. The molecule has 9 nitrogen and oxygen atoms in total. The van der Waals surface area contributed by atoms with Crippen molar-refractivity contribution in [3.8, 4) is 5.82 Å². The Labute approximate surface area is 224 Å². The van der Waals surface area contributed by atoms with Crippen molar-refractivity contribution < 1.29 is 18.0 Å². The van der Waals surface area contributed by atoms with E-state index in [0.29, 0.717) is 11.4 Å². The summed E-state index contributed by atoms with van der Waals surface area (Å²) in [6, 6.07) is 8.04. The molecular formula is C27H29F3N8O. The van der Waals surface area contributed by atoms with Crippen LogP contribution in [0.5, 0.6) is 0 Å². The quantitative estimate of drug-likeness (QED) is 0.290. The van der Waals surface area contributed by atoms with Crippen LogP contribution < -0.4 is 15.5 Å². The lowest BCUT2D eigenvalue weighted by molar-refractivity contribution is -0.136. The molecule has 3 aromatic heterocycles. The second-order valence-corrected chi connectivity index (χ2v) is 9.25. The predicted octanol–water partition coefficient (Wildman–Crippen LogP) is 5.01. The van der Waals surface area contributed by atoms with Crippen LogP contribution in [0.15, 0.2) is 61.6 Å². The summed E-state index contributed by atoms with van der Waals surface area (Å²) < 4.78 is 42.3. The van der Waals surface area contributed by atoms with Crippen molar-refractivity contribution in [2.45, 2.75) is 13.1 Å². The van der Waals surface area contributed by atoms with E-state index in [1.54, 1.807) is 6.07 Å². The number of aromatic nitrogens is 4. The van der Waals surface area contributed by atoms with Crippen molar-refractivity contribution in [3.05, 3.63) is 72.7 Å². The largest absolute Gasteiger partial charge is 0.418 e. The monoisotopic (exact) mass is 538 g/mol. The maximum atomic E-state index is 13.7. The molecule has 0 atom stereocenters. The SMILES string of the molecule is C=CC(=O)Nc1cc(Nc2nccc(-n3cc(C(F)(F)F)c4cccnc43)n2)c(C)cc1N(C)CCN(C)C. The van der Waals surface area contributed by atoms with Gasteiger partial charge in [-0.3, -0.25) is 9.36 Å². The molecule has 4 aromatic rings. The number of nitrogens with one attached hydrogen (secondary N) is 2. The maximum absolute atomic E-state index is 13.7. The van der Waals surface area contributed by atoms with E-state index in [-0.39, 0.29) is 28.7 Å². The summed E-state index contributed by atoms with van der Waals surface area (Å²) in [7, 11) is 5.90. The minimum Gasteiger partial charge on any atom is -0.372 e. The van der Waals surface area contributed by atoms with Crippen LogP contribution in [-0.4, -0.2) is 64.6 Å². The molecule has 0 unspecified atom stereocenters. The number of amides is 1. The van der Waals surface area contributed by atoms with Crippen molar-refractivity contribution in [1.29, 1.82) is 0 Å². The second kappa shape index (κ2) is 11.1. The molecule has 0 aliphatic heterocycles. The molecule has 4 rings (SSSR count). The van der Waals surface area contributed by atoms with Crippen LogP contribution in [0, 0.1) is 6.92 Å². The number of carbonyl (C=O) groups excluding carboxylic acids is 1. The van der Waals surface area contributed by atoms with Crippen LogP contribution >= 0.6 is 0 Å². The zero-order valence-electron chi connectivity index (χ0n) is 22.0. The molecule has 0 saturated heterocycles. The fourth-order valence-corrected chi connectivity index (χ4v) is 4.02. The fourth-order valence-electron chi connectivity index (χ4n) is 4.02. The maximum Gasteiger partial charge on any atom is 0.418 e. The van der Waals surface area contributed by atoms with Gasteiger partial charge in [0.2, 0.25) is 11.9 Å². The van der Waals surface area contributed by atoms with Gasteiger partial charge in [0, 0.05) is 49.8 Å². The lowest BCUT2D eigenvalue weighted by atomic mass is 10.1. The van der Waals surface area contributed by atoms with Crippen LogP contribution in [0.25, 0.3) is 16.9 Å². The third-order valence-electron chi connectivity index (χ3n) is 6.08. The highest BCUT2D eigenvalue weighted by molar-refractivity contribution is 6.02. The Morgan fingerprint density at radius 3 is 2.56 bits per heavy atom. The number of pyridine rings is 1. The second-order valence-electron chi connectivity index (χ2n) is 9.25. The average Bonchev–Trinajstić information content (AvgIpc) is 3.29. The van der Waals surface area contributed by atoms with E-state index >= 15 is 0 Å². The van der Waals surface area contributed by atoms with Gasteiger partial charge < -0.3 is 20.4 Å². The third-order valence-corrected chi connectivity index (χ3v) is 6.08. The van der Waals surface area contributed by atoms with Gasteiger partial charge in [-0.1, -0.05) is 6.58 Å². The first-order valence-electron chi connectivity index (χ1n) is 12.1. The number of alkyl halides is 3. The number of fused-ring (bicyclic) bond motifs is 1. The molecule has 12 heteroatoms. The highest BCUT2D eigenvalue weighted by Crippen LogP contribution is 2.37. The average molecular weight is 539 g/mol. The third kappa shape index (κ3) is 6.17. The van der Waals surface area contributed by atoms with E-state index in [4.69, 9.17) is 0 Å². The fraction of sp³-hybridized carbons (Fsp3) is 0.259. The smallest absolute Gasteiger partial charge is 0.372 e. The van der Waals surface area contributed by atoms with E-state index in [1.165, 1.54) is 41.2 Å². The highest BCUT2D eigenvalue weighted by atomic mass is 19.4. The Bertz CT molecular complexity index is 1510. The molecule has 0 saturated carbocycles. The standard InChI is InChI=1S/C27H29F3N8O/c1-6-24(39)33-21-15-20(17(2)14-22(21)37(5)13-12-36(3)4)34-26-32-11-9-23(35-26)38-16-19(27(28,29)30)18-8-7-10-31-25(18)38/h6-11,14-16H,1,12-13H2,2-5H3,(H,33,39)(H,32,34,35). The summed E-state index contributed by atoms with van der Waals surface area (Å²) in [4.78, 5) is 29.1. The van der Waals surface area contributed by atoms with Crippen LogP contribution in [0.1, 0.15) is 11.1 Å². The minimum absolute atomic E-state index is 0.0226. The van der Waals surface area contributed by atoms with Gasteiger partial charge in [0.25, 0.3) is 0 Å². The number of benzene rings is 1. The number of hydrogen-bond acceptors (Lipinski definition) is 7. The van der Waals surface area contributed by atoms with E-state index < -0.39 is 11.7 Å². The van der Waals surface area contributed by atoms with Gasteiger partial charge in [0.05, 0.1) is 16.9 Å². The summed E-state index contributed by atoms with van der Waals surface area (Å²) in [6.45, 7) is 6.96. The molecule has 3 heterocycles. The van der Waals surface area contributed by atoms with E-state index in [1.807, 2.05) is 39.0 Å². The minimum atomic E-state index is -4.55. The molecule has 204 valence electrons. The number of hydrogen-bond donors (Lipinski definition) is 2. The number of aryl methyl sites for hydroxylation is 1. The Morgan fingerprint density at radius 1 is 1.10 bits per heavy atom. The summed E-state index contributed by atoms with van der Waals surface area (Å²) in [5.74, 6) is 0.0130. The molecule has 1 aromatic carbocycles. The van der Waals surface area contributed by atoms with Gasteiger partial charge in [-0.05, 0) is 63.0 Å². The van der Waals surface area contributed by atoms with Gasteiger partial charge in [-0.15, -0.1) is 0 Å². The molecule has 0 bridgehead atoms. The highest BCUT2D eigenvalue weighted by Gasteiger charge is 2.35. The summed E-state index contributed by atoms with van der Waals surface area (Å²) in [5, 5.41) is 5.96. The Balaban J connectivity index is 1.71. The van der Waals surface area contributed by atoms with Crippen molar-refractivity contribution in [2.75, 3.05) is 49.8 Å². The molecule has 39 heavy (non-hydrogen) atoms. The molecular weight excluding hydrogens is 509 g/mol. The van der Waals surface area contributed by atoms with Crippen molar-refractivity contribution >= 4 is 40.0 Å². The summed E-state index contributed by atoms with van der Waals surface area (Å²) in [5.41, 5.74) is 2.16. The predicted molar refractivity (Wildman–Crippen MR) is 147 cm³/mol. The van der Waals surface area contributed by atoms with E-state index in [2.05, 4.69) is 37.1 Å². The summed E-state index contributed by atoms with van der Waals surface area (Å²) >= 11 is 0. The molecule has 0 fully saturated rings. The van der Waals surface area contributed by atoms with Crippen LogP contribution in [0.3, 0.4) is 0 Å². The lowest BCUT2D eigenvalue weighted by Crippen LogP contribution is -2.29. The van der Waals surface area contributed by atoms with Gasteiger partial charge in [-0.2, -0.15) is 18.2 Å². The zero-order valence-corrected chi connectivity index (χ0v) is 22.0. The van der Waals surface area contributed by atoms with Crippen LogP contribution in [0.4, 0.5) is 36.2 Å². The number of likely N-dealkylation sites (N-methyl/N-ethyl adjacent to an activating group) is 2. The van der Waals surface area contributed by atoms with Crippen molar-refractivity contribution in [3.63, 3.8) is 0 Å². The lowest BCUT2D eigenvalue weighted by Gasteiger charge is -2.25. The number of halogens is 3. The zero-order chi connectivity index (χ0) is 28.3. The van der Waals surface area contributed by atoms with Gasteiger partial charge >= 0.3 is 6.18 Å². The number of nitrogens with zero attached hydrogens (tertiary/aromatic N) is 6. The van der Waals surface area contributed by atoms with Crippen molar-refractivity contribution in [1.82, 2.24) is 24.4 Å². The van der Waals surface area contributed by atoms with E-state index in [9.17, 15) is 18.0 Å². The van der Waals surface area contributed by atoms with Crippen molar-refractivity contribution in [2.24, 2.45) is 0 Å².